The lowest BCUT2D eigenvalue weighted by Crippen LogP contribution is -2.25. The summed E-state index contributed by atoms with van der Waals surface area (Å²) in [5.41, 5.74) is 3.88. The number of esters is 3. The van der Waals surface area contributed by atoms with Gasteiger partial charge in [-0.05, 0) is 57.7 Å². The van der Waals surface area contributed by atoms with Gasteiger partial charge < -0.3 is 28.2 Å². The van der Waals surface area contributed by atoms with Crippen LogP contribution in [0.4, 0.5) is 0 Å². The van der Waals surface area contributed by atoms with Gasteiger partial charge >= 0.3 is 17.9 Å². The van der Waals surface area contributed by atoms with E-state index in [0.29, 0.717) is 49.5 Å². The zero-order valence-electron chi connectivity index (χ0n) is 33.2. The predicted octanol–water partition coefficient (Wildman–Crippen LogP) is 8.84. The monoisotopic (exact) mass is 766 g/mol. The average molecular weight is 767 g/mol. The second-order valence-electron chi connectivity index (χ2n) is 15.9. The molecule has 0 N–H and O–H groups in total. The molecule has 1 aliphatic rings. The largest absolute Gasteiger partial charge is 0.496 e. The number of carbonyl (C=O) groups is 3. The fourth-order valence-electron chi connectivity index (χ4n) is 5.71. The summed E-state index contributed by atoms with van der Waals surface area (Å²) in [4.78, 5) is 38.5. The Kier molecular flexibility index (Phi) is 17.4. The first-order chi connectivity index (χ1) is 23.8. The van der Waals surface area contributed by atoms with E-state index >= 15 is 0 Å². The number of fused-ring (bicyclic) bond motifs is 1. The smallest absolute Gasteiger partial charge is 0.342 e. The molecule has 2 unspecified atom stereocenters. The number of rotatable bonds is 22. The highest BCUT2D eigenvalue weighted by Gasteiger charge is 2.34. The minimum Gasteiger partial charge on any atom is -0.496 e. The Hall–Kier alpha value is -2.67. The third kappa shape index (κ3) is 14.4. The van der Waals surface area contributed by atoms with E-state index < -0.39 is 41.3 Å². The van der Waals surface area contributed by atoms with E-state index in [2.05, 4.69) is 45.4 Å². The van der Waals surface area contributed by atoms with Gasteiger partial charge in [0, 0.05) is 46.7 Å². The van der Waals surface area contributed by atoms with E-state index in [4.69, 9.17) is 28.2 Å². The first-order valence-electron chi connectivity index (χ1n) is 18.1. The van der Waals surface area contributed by atoms with Crippen molar-refractivity contribution in [1.82, 2.24) is 0 Å². The van der Waals surface area contributed by atoms with Crippen LogP contribution in [-0.4, -0.2) is 80.4 Å². The number of benzene rings is 1. The maximum Gasteiger partial charge on any atom is 0.342 e. The van der Waals surface area contributed by atoms with Crippen molar-refractivity contribution < 1.29 is 47.2 Å². The van der Waals surface area contributed by atoms with E-state index in [-0.39, 0.29) is 37.5 Å². The minimum absolute atomic E-state index is 0.0733. The Morgan fingerprint density at radius 1 is 0.961 bits per heavy atom. The SMILES string of the molecule is CCOC(=O)[C@H](C)CP(=O)(C/C=C/CC(C/C(C)=C/Cc1c(OC)c(C)c2c(c1OCC[Si](C)(C)C)C(=O)OC2)C(=O)OCC[Si](C)(C)C)OC. The Bertz CT molecular complexity index is 1470. The van der Waals surface area contributed by atoms with Crippen molar-refractivity contribution in [3.05, 3.63) is 46.1 Å². The molecule has 51 heavy (non-hydrogen) atoms. The Balaban J connectivity index is 2.34. The minimum atomic E-state index is -3.14. The van der Waals surface area contributed by atoms with Gasteiger partial charge in [-0.1, -0.05) is 70.0 Å². The Labute approximate surface area is 308 Å². The molecule has 1 heterocycles. The molecule has 288 valence electrons. The molecule has 13 heteroatoms. The molecule has 0 amide bonds. The summed E-state index contributed by atoms with van der Waals surface area (Å²) in [6.45, 7) is 22.2. The quantitative estimate of drug-likeness (QED) is 0.0372. The normalized spacial score (nSPS) is 15.9. The lowest BCUT2D eigenvalue weighted by molar-refractivity contribution is -0.148. The topological polar surface area (TPSA) is 124 Å². The second-order valence-corrected chi connectivity index (χ2v) is 29.9. The van der Waals surface area contributed by atoms with Gasteiger partial charge in [-0.15, -0.1) is 0 Å². The fourth-order valence-corrected chi connectivity index (χ4v) is 9.04. The van der Waals surface area contributed by atoms with Gasteiger partial charge in [0.15, 0.2) is 0 Å². The van der Waals surface area contributed by atoms with Gasteiger partial charge in [-0.25, -0.2) is 4.79 Å². The number of hydrogen-bond donors (Lipinski definition) is 0. The van der Waals surface area contributed by atoms with Crippen LogP contribution in [0.5, 0.6) is 11.5 Å². The molecule has 0 fully saturated rings. The fraction of sp³-hybridized carbons (Fsp3) is 0.658. The van der Waals surface area contributed by atoms with Crippen LogP contribution >= 0.6 is 7.37 Å². The molecule has 2 rings (SSSR count). The number of methoxy groups -OCH3 is 1. The van der Waals surface area contributed by atoms with Crippen molar-refractivity contribution in [2.75, 3.05) is 46.4 Å². The van der Waals surface area contributed by atoms with Gasteiger partial charge in [-0.2, -0.15) is 0 Å². The van der Waals surface area contributed by atoms with E-state index in [1.54, 1.807) is 27.0 Å². The molecule has 0 aliphatic carbocycles. The molecule has 0 radical (unpaired) electrons. The number of cyclic esters (lactones) is 1. The number of carbonyl (C=O) groups excluding carboxylic acids is 3. The summed E-state index contributed by atoms with van der Waals surface area (Å²) >= 11 is 0. The zero-order chi connectivity index (χ0) is 38.6. The van der Waals surface area contributed by atoms with Crippen molar-refractivity contribution in [2.24, 2.45) is 11.8 Å². The third-order valence-corrected chi connectivity index (χ3v) is 14.9. The molecule has 10 nitrogen and oxygen atoms in total. The van der Waals surface area contributed by atoms with Gasteiger partial charge in [0.05, 0.1) is 38.8 Å². The maximum absolute atomic E-state index is 13.4. The molecule has 0 bridgehead atoms. The first-order valence-corrected chi connectivity index (χ1v) is 27.5. The summed E-state index contributed by atoms with van der Waals surface area (Å²) in [5, 5.41) is 0. The number of allylic oxidation sites excluding steroid dienone is 4. The standard InChI is InChI=1S/C38H63O10PSi2/c1-13-45-36(39)28(3)26-49(42,44-6)21-15-14-16-30(37(40)47-20-23-51(10,11)12)24-27(2)17-18-31-34(43-5)29(4)32-25-48-38(41)33(32)35(31)46-19-22-50(7,8)9/h14-15,17,28,30H,13,16,18-26H2,1-12H3/b15-14+,27-17+/t28-,30?,49?/m1/s1. The van der Waals surface area contributed by atoms with Crippen LogP contribution in [-0.2, 0) is 45.9 Å². The molecule has 0 saturated carbocycles. The highest BCUT2D eigenvalue weighted by atomic mass is 31.2. The highest BCUT2D eigenvalue weighted by Crippen LogP contribution is 2.48. The van der Waals surface area contributed by atoms with Gasteiger partial charge in [-0.3, -0.25) is 14.2 Å². The molecule has 0 aromatic heterocycles. The summed E-state index contributed by atoms with van der Waals surface area (Å²) < 4.78 is 47.3. The van der Waals surface area contributed by atoms with E-state index in [9.17, 15) is 18.9 Å². The molecule has 3 atom stereocenters. The van der Waals surface area contributed by atoms with Crippen LogP contribution < -0.4 is 9.47 Å². The van der Waals surface area contributed by atoms with Crippen LogP contribution in [0, 0.1) is 18.8 Å². The summed E-state index contributed by atoms with van der Waals surface area (Å²) in [5.74, 6) is -0.907. The molecular weight excluding hydrogens is 704 g/mol. The van der Waals surface area contributed by atoms with E-state index in [1.165, 1.54) is 7.11 Å². The third-order valence-electron chi connectivity index (χ3n) is 8.92. The van der Waals surface area contributed by atoms with Crippen molar-refractivity contribution in [3.63, 3.8) is 0 Å². The van der Waals surface area contributed by atoms with Gasteiger partial charge in [0.25, 0.3) is 0 Å². The molecule has 1 aromatic carbocycles. The number of ether oxygens (including phenoxy) is 5. The van der Waals surface area contributed by atoms with Crippen LogP contribution in [0.15, 0.2) is 23.8 Å². The maximum atomic E-state index is 13.4. The lowest BCUT2D eigenvalue weighted by Gasteiger charge is -2.22. The zero-order valence-corrected chi connectivity index (χ0v) is 36.1. The van der Waals surface area contributed by atoms with Crippen LogP contribution in [0.3, 0.4) is 0 Å². The van der Waals surface area contributed by atoms with Gasteiger partial charge in [0.2, 0.25) is 7.37 Å². The summed E-state index contributed by atoms with van der Waals surface area (Å²) in [6, 6.07) is 1.80. The van der Waals surface area contributed by atoms with E-state index in [0.717, 1.165) is 34.4 Å². The molecule has 1 aliphatic heterocycles. The molecule has 1 aromatic rings. The second kappa shape index (κ2) is 20.0. The average Bonchev–Trinajstić information content (AvgIpc) is 3.42. The summed E-state index contributed by atoms with van der Waals surface area (Å²) in [7, 11) is -2.94. The highest BCUT2D eigenvalue weighted by molar-refractivity contribution is 7.59. The lowest BCUT2D eigenvalue weighted by atomic mass is 9.93. The molecular formula is C38H63O10PSi2. The van der Waals surface area contributed by atoms with Crippen LogP contribution in [0.2, 0.25) is 51.4 Å². The Morgan fingerprint density at radius 3 is 2.20 bits per heavy atom. The Morgan fingerprint density at radius 2 is 1.61 bits per heavy atom. The first kappa shape index (κ1) is 44.5. The van der Waals surface area contributed by atoms with Crippen molar-refractivity contribution in [2.45, 2.75) is 105 Å². The van der Waals surface area contributed by atoms with Crippen molar-refractivity contribution in [3.8, 4) is 11.5 Å². The molecule has 0 spiro atoms. The molecule has 0 saturated heterocycles. The van der Waals surface area contributed by atoms with Crippen molar-refractivity contribution >= 4 is 41.4 Å². The number of hydrogen-bond acceptors (Lipinski definition) is 10. The van der Waals surface area contributed by atoms with Gasteiger partial charge in [0.1, 0.15) is 23.7 Å². The summed E-state index contributed by atoms with van der Waals surface area (Å²) in [6.07, 6.45) is 7.14. The van der Waals surface area contributed by atoms with Crippen molar-refractivity contribution in [1.29, 1.82) is 0 Å². The van der Waals surface area contributed by atoms with Crippen LogP contribution in [0.1, 0.15) is 60.7 Å². The van der Waals surface area contributed by atoms with Crippen LogP contribution in [0.25, 0.3) is 0 Å². The predicted molar refractivity (Wildman–Crippen MR) is 209 cm³/mol. The van der Waals surface area contributed by atoms with E-state index in [1.807, 2.05) is 19.9 Å².